The number of amides is 2. The number of carbonyl (C=O) groups excluding carboxylic acids is 3. The molecule has 0 bridgehead atoms. The van der Waals surface area contributed by atoms with Gasteiger partial charge < -0.3 is 19.5 Å². The first-order valence-electron chi connectivity index (χ1n) is 13.5. The van der Waals surface area contributed by atoms with Crippen LogP contribution in [0.2, 0.25) is 0 Å². The molecule has 0 radical (unpaired) electrons. The van der Waals surface area contributed by atoms with Crippen molar-refractivity contribution < 1.29 is 19.1 Å². The van der Waals surface area contributed by atoms with Crippen LogP contribution in [0.15, 0.2) is 30.5 Å². The van der Waals surface area contributed by atoms with Crippen molar-refractivity contribution in [2.24, 2.45) is 13.0 Å². The minimum absolute atomic E-state index is 0.0910. The van der Waals surface area contributed by atoms with Crippen LogP contribution < -0.4 is 5.32 Å². The van der Waals surface area contributed by atoms with Crippen molar-refractivity contribution in [2.75, 3.05) is 40.3 Å². The van der Waals surface area contributed by atoms with Crippen molar-refractivity contribution in [1.82, 2.24) is 24.6 Å². The van der Waals surface area contributed by atoms with Gasteiger partial charge in [0, 0.05) is 75.4 Å². The first kappa shape index (κ1) is 25.7. The fraction of sp³-hybridized carbons (Fsp3) is 0.607. The van der Waals surface area contributed by atoms with Crippen molar-refractivity contribution in [1.29, 1.82) is 0 Å². The molecule has 0 saturated carbocycles. The summed E-state index contributed by atoms with van der Waals surface area (Å²) in [5.41, 5.74) is 2.45. The fourth-order valence-electron chi connectivity index (χ4n) is 6.58. The molecule has 3 fully saturated rings. The summed E-state index contributed by atoms with van der Waals surface area (Å²) in [5, 5.41) is 4.42. The van der Waals surface area contributed by atoms with E-state index in [4.69, 9.17) is 4.74 Å². The largest absolute Gasteiger partial charge is 0.469 e. The van der Waals surface area contributed by atoms with E-state index in [1.54, 1.807) is 0 Å². The average Bonchev–Trinajstić information content (AvgIpc) is 3.45. The molecule has 0 aliphatic carbocycles. The van der Waals surface area contributed by atoms with E-state index >= 15 is 0 Å². The van der Waals surface area contributed by atoms with Gasteiger partial charge in [0.05, 0.1) is 13.0 Å². The molecule has 1 aromatic carbocycles. The standard InChI is InChI=1S/C28H39N5O4/c1-30-17-20(22-6-4-5-7-23(22)30)18-33-15-12-24-26(33)27(35)29-16-21(31(24)2)8-9-25(34)32-13-10-19(11-14-32)28(36)37-3/h4-7,17,19,21,24,26H,8-16,18H2,1-3H3,(H,29,35)/t21-,24-,26-/m0/s1. The van der Waals surface area contributed by atoms with Gasteiger partial charge >= 0.3 is 5.97 Å². The summed E-state index contributed by atoms with van der Waals surface area (Å²) in [7, 11) is 5.59. The summed E-state index contributed by atoms with van der Waals surface area (Å²) in [5.74, 6) is -0.0574. The monoisotopic (exact) mass is 509 g/mol. The van der Waals surface area contributed by atoms with Gasteiger partial charge in [-0.3, -0.25) is 24.2 Å². The normalized spacial score (nSPS) is 25.6. The summed E-state index contributed by atoms with van der Waals surface area (Å²) in [6.07, 6.45) is 5.59. The number of nitrogens with zero attached hydrogens (tertiary/aromatic N) is 4. The molecular formula is C28H39N5O4. The number of aryl methyl sites for hydroxylation is 1. The summed E-state index contributed by atoms with van der Waals surface area (Å²) < 4.78 is 7.01. The number of methoxy groups -OCH3 is 1. The molecule has 0 spiro atoms. The molecule has 4 heterocycles. The Morgan fingerprint density at radius 1 is 1.08 bits per heavy atom. The van der Waals surface area contributed by atoms with Gasteiger partial charge in [0.2, 0.25) is 11.8 Å². The molecule has 3 atom stereocenters. The van der Waals surface area contributed by atoms with Crippen LogP contribution in [0.1, 0.15) is 37.7 Å². The van der Waals surface area contributed by atoms with Gasteiger partial charge in [0.25, 0.3) is 0 Å². The molecule has 200 valence electrons. The van der Waals surface area contributed by atoms with Crippen molar-refractivity contribution in [3.8, 4) is 0 Å². The van der Waals surface area contributed by atoms with E-state index in [9.17, 15) is 14.4 Å². The highest BCUT2D eigenvalue weighted by molar-refractivity contribution is 5.85. The number of piperidine rings is 1. The second-order valence-electron chi connectivity index (χ2n) is 10.8. The van der Waals surface area contributed by atoms with Gasteiger partial charge in [-0.15, -0.1) is 0 Å². The number of benzene rings is 1. The molecule has 5 rings (SSSR count). The van der Waals surface area contributed by atoms with Crippen LogP contribution in [0, 0.1) is 5.92 Å². The summed E-state index contributed by atoms with van der Waals surface area (Å²) >= 11 is 0. The highest BCUT2D eigenvalue weighted by Crippen LogP contribution is 2.31. The minimum atomic E-state index is -0.193. The second kappa shape index (κ2) is 10.8. The third-order valence-corrected chi connectivity index (χ3v) is 8.78. The second-order valence-corrected chi connectivity index (χ2v) is 10.8. The van der Waals surface area contributed by atoms with Crippen molar-refractivity contribution in [3.05, 3.63) is 36.0 Å². The predicted octanol–water partition coefficient (Wildman–Crippen LogP) is 1.74. The number of para-hydroxylation sites is 1. The molecule has 9 nitrogen and oxygen atoms in total. The number of rotatable bonds is 6. The fourth-order valence-corrected chi connectivity index (χ4v) is 6.58. The number of carbonyl (C=O) groups is 3. The molecule has 3 aliphatic heterocycles. The average molecular weight is 510 g/mol. The lowest BCUT2D eigenvalue weighted by Gasteiger charge is -2.34. The van der Waals surface area contributed by atoms with Gasteiger partial charge in [-0.25, -0.2) is 0 Å². The smallest absolute Gasteiger partial charge is 0.308 e. The number of fused-ring (bicyclic) bond motifs is 2. The van der Waals surface area contributed by atoms with Crippen LogP contribution in [-0.4, -0.2) is 95.5 Å². The van der Waals surface area contributed by atoms with E-state index in [1.165, 1.54) is 23.6 Å². The van der Waals surface area contributed by atoms with Crippen molar-refractivity contribution in [3.63, 3.8) is 0 Å². The Balaban J connectivity index is 1.19. The number of ether oxygens (including phenoxy) is 1. The van der Waals surface area contributed by atoms with E-state index in [-0.39, 0.29) is 41.8 Å². The molecule has 3 aliphatic rings. The van der Waals surface area contributed by atoms with E-state index in [0.29, 0.717) is 45.3 Å². The molecule has 37 heavy (non-hydrogen) atoms. The zero-order valence-electron chi connectivity index (χ0n) is 22.2. The van der Waals surface area contributed by atoms with E-state index < -0.39 is 0 Å². The van der Waals surface area contributed by atoms with Crippen LogP contribution >= 0.6 is 0 Å². The van der Waals surface area contributed by atoms with Crippen LogP contribution in [0.25, 0.3) is 10.9 Å². The molecule has 3 saturated heterocycles. The number of likely N-dealkylation sites (tertiary alicyclic amines) is 2. The quantitative estimate of drug-likeness (QED) is 0.597. The number of aromatic nitrogens is 1. The maximum atomic E-state index is 13.3. The third kappa shape index (κ3) is 5.11. The number of esters is 1. The SMILES string of the molecule is COC(=O)C1CCN(C(=O)CC[C@H]2CNC(=O)[C@@H]3[C@H](CCN3Cc3cn(C)c4ccccc34)N2C)CC1. The number of nitrogens with one attached hydrogen (secondary N) is 1. The van der Waals surface area contributed by atoms with Crippen LogP contribution in [0.4, 0.5) is 0 Å². The zero-order valence-corrected chi connectivity index (χ0v) is 22.2. The molecule has 2 aromatic rings. The summed E-state index contributed by atoms with van der Waals surface area (Å²) in [4.78, 5) is 44.5. The third-order valence-electron chi connectivity index (χ3n) is 8.78. The molecule has 2 amide bonds. The minimum Gasteiger partial charge on any atom is -0.469 e. The van der Waals surface area contributed by atoms with Crippen molar-refractivity contribution in [2.45, 2.75) is 56.8 Å². The van der Waals surface area contributed by atoms with Gasteiger partial charge in [-0.1, -0.05) is 18.2 Å². The highest BCUT2D eigenvalue weighted by atomic mass is 16.5. The Morgan fingerprint density at radius 2 is 1.84 bits per heavy atom. The lowest BCUT2D eigenvalue weighted by atomic mass is 9.96. The van der Waals surface area contributed by atoms with E-state index in [2.05, 4.69) is 64.2 Å². The van der Waals surface area contributed by atoms with E-state index in [1.807, 2.05) is 4.90 Å². The van der Waals surface area contributed by atoms with Gasteiger partial charge in [0.15, 0.2) is 0 Å². The first-order chi connectivity index (χ1) is 17.9. The van der Waals surface area contributed by atoms with Crippen LogP contribution in [0.5, 0.6) is 0 Å². The maximum absolute atomic E-state index is 13.3. The Labute approximate surface area is 218 Å². The first-order valence-corrected chi connectivity index (χ1v) is 13.5. The Kier molecular flexibility index (Phi) is 7.53. The van der Waals surface area contributed by atoms with Crippen LogP contribution in [0.3, 0.4) is 0 Å². The lowest BCUT2D eigenvalue weighted by Crippen LogP contribution is -2.49. The van der Waals surface area contributed by atoms with Crippen LogP contribution in [-0.2, 0) is 32.7 Å². The molecule has 9 heteroatoms. The zero-order chi connectivity index (χ0) is 26.1. The molecule has 0 unspecified atom stereocenters. The molecule has 1 N–H and O–H groups in total. The summed E-state index contributed by atoms with van der Waals surface area (Å²) in [6, 6.07) is 8.47. The van der Waals surface area contributed by atoms with Gasteiger partial charge in [0.1, 0.15) is 6.04 Å². The number of likely N-dealkylation sites (N-methyl/N-ethyl adjacent to an activating group) is 1. The maximum Gasteiger partial charge on any atom is 0.308 e. The topological polar surface area (TPSA) is 87.1 Å². The molecular weight excluding hydrogens is 470 g/mol. The van der Waals surface area contributed by atoms with E-state index in [0.717, 1.165) is 19.5 Å². The Hall–Kier alpha value is -2.91. The van der Waals surface area contributed by atoms with Crippen molar-refractivity contribution >= 4 is 28.7 Å². The lowest BCUT2D eigenvalue weighted by molar-refractivity contribution is -0.149. The predicted molar refractivity (Wildman–Crippen MR) is 141 cm³/mol. The highest BCUT2D eigenvalue weighted by Gasteiger charge is 2.45. The Bertz CT molecular complexity index is 1150. The number of hydrogen-bond donors (Lipinski definition) is 1. The Morgan fingerprint density at radius 3 is 2.59 bits per heavy atom. The van der Waals surface area contributed by atoms with Gasteiger partial charge in [-0.2, -0.15) is 0 Å². The molecule has 1 aromatic heterocycles. The van der Waals surface area contributed by atoms with Gasteiger partial charge in [-0.05, 0) is 44.4 Å². The number of hydrogen-bond acceptors (Lipinski definition) is 6. The summed E-state index contributed by atoms with van der Waals surface area (Å²) in [6.45, 7) is 3.38.